The van der Waals surface area contributed by atoms with E-state index >= 15 is 0 Å². The third-order valence-corrected chi connectivity index (χ3v) is 6.74. The normalized spacial score (nSPS) is 17.9. The summed E-state index contributed by atoms with van der Waals surface area (Å²) in [5.41, 5.74) is 7.18. The number of thiocarbonyl (C=S) groups is 1. The molecular weight excluding hydrogens is 426 g/mol. The van der Waals surface area contributed by atoms with Crippen LogP contribution < -0.4 is 5.32 Å². The molecule has 5 rings (SSSR count). The fourth-order valence-electron chi connectivity index (χ4n) is 4.74. The van der Waals surface area contributed by atoms with Gasteiger partial charge in [0.05, 0.1) is 17.8 Å². The Morgan fingerprint density at radius 1 is 0.909 bits per heavy atom. The van der Waals surface area contributed by atoms with E-state index < -0.39 is 0 Å². The Morgan fingerprint density at radius 3 is 2.42 bits per heavy atom. The second-order valence-corrected chi connectivity index (χ2v) is 8.90. The van der Waals surface area contributed by atoms with Crippen molar-refractivity contribution < 1.29 is 0 Å². The van der Waals surface area contributed by atoms with Crippen molar-refractivity contribution >= 4 is 17.3 Å². The average molecular weight is 454 g/mol. The summed E-state index contributed by atoms with van der Waals surface area (Å²) in [6.45, 7) is 5.93. The van der Waals surface area contributed by atoms with Crippen molar-refractivity contribution in [2.45, 2.75) is 39.0 Å². The first-order valence-electron chi connectivity index (χ1n) is 11.2. The van der Waals surface area contributed by atoms with Gasteiger partial charge in [-0.2, -0.15) is 0 Å². The van der Waals surface area contributed by atoms with Crippen molar-refractivity contribution in [1.82, 2.24) is 24.8 Å². The Kier molecular flexibility index (Phi) is 5.92. The summed E-state index contributed by atoms with van der Waals surface area (Å²) in [6, 6.07) is 23.0. The molecule has 1 aromatic carbocycles. The van der Waals surface area contributed by atoms with E-state index in [1.807, 2.05) is 30.6 Å². The van der Waals surface area contributed by atoms with E-state index in [0.29, 0.717) is 6.54 Å². The molecule has 33 heavy (non-hydrogen) atoms. The first kappa shape index (κ1) is 21.3. The van der Waals surface area contributed by atoms with Crippen LogP contribution in [0.2, 0.25) is 0 Å². The van der Waals surface area contributed by atoms with Gasteiger partial charge in [-0.15, -0.1) is 0 Å². The summed E-state index contributed by atoms with van der Waals surface area (Å²) in [5.74, 6) is 0. The molecule has 1 N–H and O–H groups in total. The highest BCUT2D eigenvalue weighted by Crippen LogP contribution is 2.41. The average Bonchev–Trinajstić information content (AvgIpc) is 3.31. The van der Waals surface area contributed by atoms with E-state index in [2.05, 4.69) is 87.1 Å². The minimum atomic E-state index is -0.0268. The maximum atomic E-state index is 5.84. The molecule has 0 unspecified atom stereocenters. The Hall–Kier alpha value is -3.51. The Balaban J connectivity index is 1.56. The van der Waals surface area contributed by atoms with Crippen molar-refractivity contribution in [2.24, 2.45) is 0 Å². The molecule has 5 nitrogen and oxygen atoms in total. The monoisotopic (exact) mass is 453 g/mol. The van der Waals surface area contributed by atoms with Gasteiger partial charge in [0, 0.05) is 43.1 Å². The summed E-state index contributed by atoms with van der Waals surface area (Å²) in [7, 11) is 0. The second kappa shape index (κ2) is 9.16. The summed E-state index contributed by atoms with van der Waals surface area (Å²) < 4.78 is 2.39. The van der Waals surface area contributed by atoms with Gasteiger partial charge in [-0.25, -0.2) is 0 Å². The van der Waals surface area contributed by atoms with Crippen molar-refractivity contribution in [2.75, 3.05) is 0 Å². The van der Waals surface area contributed by atoms with Gasteiger partial charge in [0.2, 0.25) is 0 Å². The van der Waals surface area contributed by atoms with Crippen LogP contribution in [0.15, 0.2) is 85.3 Å². The number of pyridine rings is 2. The SMILES string of the molecule is Cc1cc([C@@H]2[C@H](c3ccccn3)NC(=S)N2Cc2cccnc2)c(C)n1Cc1ccccc1. The largest absolute Gasteiger partial charge is 0.352 e. The molecule has 4 aromatic rings. The number of hydrogen-bond acceptors (Lipinski definition) is 3. The highest BCUT2D eigenvalue weighted by molar-refractivity contribution is 7.80. The summed E-state index contributed by atoms with van der Waals surface area (Å²) >= 11 is 5.84. The standard InChI is InChI=1S/C27H27N5S/c1-19-15-23(20(2)31(19)17-21-9-4-3-5-10-21)26-25(24-12-6-7-14-29-24)30-27(33)32(26)18-22-11-8-13-28-16-22/h3-16,25-26H,17-18H2,1-2H3,(H,30,33)/t25-,26+/m0/s1. The van der Waals surface area contributed by atoms with Gasteiger partial charge in [0.15, 0.2) is 5.11 Å². The molecule has 0 saturated carbocycles. The summed E-state index contributed by atoms with van der Waals surface area (Å²) in [6.07, 6.45) is 5.56. The van der Waals surface area contributed by atoms with Crippen LogP contribution >= 0.6 is 12.2 Å². The number of rotatable bonds is 6. The van der Waals surface area contributed by atoms with Crippen LogP contribution in [0.4, 0.5) is 0 Å². The van der Waals surface area contributed by atoms with E-state index in [1.54, 1.807) is 6.20 Å². The smallest absolute Gasteiger partial charge is 0.170 e. The molecule has 1 saturated heterocycles. The van der Waals surface area contributed by atoms with E-state index in [9.17, 15) is 0 Å². The maximum absolute atomic E-state index is 5.84. The highest BCUT2D eigenvalue weighted by Gasteiger charge is 2.41. The van der Waals surface area contributed by atoms with Crippen molar-refractivity contribution in [3.05, 3.63) is 119 Å². The van der Waals surface area contributed by atoms with Crippen molar-refractivity contribution in [3.63, 3.8) is 0 Å². The molecular formula is C27H27N5S. The van der Waals surface area contributed by atoms with Crippen molar-refractivity contribution in [1.29, 1.82) is 0 Å². The lowest BCUT2D eigenvalue weighted by Crippen LogP contribution is -2.29. The number of hydrogen-bond donors (Lipinski definition) is 1. The van der Waals surface area contributed by atoms with Crippen LogP contribution in [0.3, 0.4) is 0 Å². The maximum Gasteiger partial charge on any atom is 0.170 e. The minimum absolute atomic E-state index is 0.0268. The predicted octanol–water partition coefficient (Wildman–Crippen LogP) is 5.12. The van der Waals surface area contributed by atoms with Gasteiger partial charge in [-0.3, -0.25) is 9.97 Å². The van der Waals surface area contributed by atoms with Crippen LogP contribution in [0.5, 0.6) is 0 Å². The number of nitrogens with one attached hydrogen (secondary N) is 1. The minimum Gasteiger partial charge on any atom is -0.352 e. The molecule has 3 aromatic heterocycles. The first-order chi connectivity index (χ1) is 16.1. The number of aromatic nitrogens is 3. The lowest BCUT2D eigenvalue weighted by Gasteiger charge is -2.28. The van der Waals surface area contributed by atoms with Crippen molar-refractivity contribution in [3.8, 4) is 0 Å². The molecule has 1 aliphatic heterocycles. The first-order valence-corrected chi connectivity index (χ1v) is 11.6. The molecule has 2 atom stereocenters. The van der Waals surface area contributed by atoms with E-state index in [0.717, 1.165) is 22.9 Å². The van der Waals surface area contributed by atoms with Gasteiger partial charge in [-0.05, 0) is 67.0 Å². The molecule has 0 amide bonds. The van der Waals surface area contributed by atoms with E-state index in [1.165, 1.54) is 22.5 Å². The summed E-state index contributed by atoms with van der Waals surface area (Å²) in [4.78, 5) is 11.3. The molecule has 1 aliphatic rings. The Bertz CT molecular complexity index is 1240. The third kappa shape index (κ3) is 4.26. The van der Waals surface area contributed by atoms with Crippen LogP contribution in [0.25, 0.3) is 0 Å². The van der Waals surface area contributed by atoms with Crippen LogP contribution in [-0.2, 0) is 13.1 Å². The molecule has 4 heterocycles. The van der Waals surface area contributed by atoms with Gasteiger partial charge in [0.25, 0.3) is 0 Å². The van der Waals surface area contributed by atoms with Crippen LogP contribution in [0, 0.1) is 13.8 Å². The van der Waals surface area contributed by atoms with Gasteiger partial charge in [0.1, 0.15) is 0 Å². The van der Waals surface area contributed by atoms with Crippen LogP contribution in [0.1, 0.15) is 45.9 Å². The molecule has 0 bridgehead atoms. The van der Waals surface area contributed by atoms with Gasteiger partial charge in [-0.1, -0.05) is 42.5 Å². The van der Waals surface area contributed by atoms with Gasteiger partial charge >= 0.3 is 0 Å². The van der Waals surface area contributed by atoms with E-state index in [4.69, 9.17) is 12.2 Å². The predicted molar refractivity (Wildman–Crippen MR) is 135 cm³/mol. The quantitative estimate of drug-likeness (QED) is 0.411. The molecule has 0 spiro atoms. The number of benzene rings is 1. The lowest BCUT2D eigenvalue weighted by atomic mass is 9.96. The second-order valence-electron chi connectivity index (χ2n) is 8.51. The number of aryl methyl sites for hydroxylation is 1. The number of nitrogens with zero attached hydrogens (tertiary/aromatic N) is 4. The van der Waals surface area contributed by atoms with Gasteiger partial charge < -0.3 is 14.8 Å². The molecule has 166 valence electrons. The zero-order chi connectivity index (χ0) is 22.8. The fraction of sp³-hybridized carbons (Fsp3) is 0.222. The zero-order valence-electron chi connectivity index (χ0n) is 18.8. The topological polar surface area (TPSA) is 46.0 Å². The highest BCUT2D eigenvalue weighted by atomic mass is 32.1. The molecule has 1 fully saturated rings. The molecule has 6 heteroatoms. The third-order valence-electron chi connectivity index (χ3n) is 6.39. The lowest BCUT2D eigenvalue weighted by molar-refractivity contribution is 0.309. The summed E-state index contributed by atoms with van der Waals surface area (Å²) in [5, 5.41) is 4.30. The van der Waals surface area contributed by atoms with E-state index in [-0.39, 0.29) is 12.1 Å². The molecule has 0 aliphatic carbocycles. The zero-order valence-corrected chi connectivity index (χ0v) is 19.7. The Labute approximate surface area is 200 Å². The molecule has 0 radical (unpaired) electrons. The van der Waals surface area contributed by atoms with Crippen LogP contribution in [-0.4, -0.2) is 24.5 Å². The Morgan fingerprint density at radius 2 is 1.70 bits per heavy atom. The fourth-order valence-corrected chi connectivity index (χ4v) is 5.04.